The largest absolute Gasteiger partial charge is 0.507 e. The van der Waals surface area contributed by atoms with Crippen LogP contribution in [0.1, 0.15) is 11.1 Å². The summed E-state index contributed by atoms with van der Waals surface area (Å²) in [7, 11) is 1.62. The van der Waals surface area contributed by atoms with Gasteiger partial charge in [0.1, 0.15) is 11.5 Å². The number of aromatic hydroxyl groups is 1. The Morgan fingerprint density at radius 3 is 2.39 bits per heavy atom. The first-order valence-electron chi connectivity index (χ1n) is 9.23. The minimum absolute atomic E-state index is 0.103. The highest BCUT2D eigenvalue weighted by atomic mass is 16.6. The molecule has 2 aromatic carbocycles. The average Bonchev–Trinajstić information content (AvgIpc) is 2.71. The maximum absolute atomic E-state index is 10.8. The number of hydrogen-bond donors (Lipinski definition) is 1. The topological polar surface area (TPSA) is 79.1 Å². The number of non-ortho nitro benzene ring substituents is 1. The fourth-order valence-electron chi connectivity index (χ4n) is 3.47. The van der Waals surface area contributed by atoms with Crippen molar-refractivity contribution in [1.82, 2.24) is 4.90 Å². The Morgan fingerprint density at radius 2 is 1.82 bits per heavy atom. The van der Waals surface area contributed by atoms with Gasteiger partial charge in [-0.1, -0.05) is 6.08 Å². The molecule has 1 saturated heterocycles. The number of benzene rings is 2. The number of phenols is 1. The summed E-state index contributed by atoms with van der Waals surface area (Å²) in [6, 6.07) is 10.4. The zero-order chi connectivity index (χ0) is 20.1. The second kappa shape index (κ2) is 8.75. The second-order valence-electron chi connectivity index (χ2n) is 6.82. The maximum Gasteiger partial charge on any atom is 0.269 e. The second-order valence-corrected chi connectivity index (χ2v) is 6.82. The van der Waals surface area contributed by atoms with Gasteiger partial charge in [-0.25, -0.2) is 0 Å². The van der Waals surface area contributed by atoms with Gasteiger partial charge in [0, 0.05) is 61.7 Å². The Balaban J connectivity index is 1.65. The average molecular weight is 383 g/mol. The van der Waals surface area contributed by atoms with Crippen LogP contribution in [0.3, 0.4) is 0 Å². The van der Waals surface area contributed by atoms with Gasteiger partial charge in [-0.3, -0.25) is 15.0 Å². The van der Waals surface area contributed by atoms with Crippen molar-refractivity contribution in [3.63, 3.8) is 0 Å². The van der Waals surface area contributed by atoms with Gasteiger partial charge in [-0.05, 0) is 30.7 Å². The highest BCUT2D eigenvalue weighted by molar-refractivity contribution is 5.51. The number of piperazine rings is 1. The molecule has 7 heteroatoms. The van der Waals surface area contributed by atoms with Crippen molar-refractivity contribution >= 4 is 11.4 Å². The molecule has 28 heavy (non-hydrogen) atoms. The van der Waals surface area contributed by atoms with E-state index in [0.717, 1.165) is 48.7 Å². The van der Waals surface area contributed by atoms with Gasteiger partial charge in [-0.15, -0.1) is 6.58 Å². The molecule has 1 heterocycles. The van der Waals surface area contributed by atoms with Crippen LogP contribution in [0.2, 0.25) is 0 Å². The van der Waals surface area contributed by atoms with Gasteiger partial charge < -0.3 is 14.7 Å². The van der Waals surface area contributed by atoms with E-state index in [0.29, 0.717) is 18.7 Å². The zero-order valence-electron chi connectivity index (χ0n) is 16.0. The van der Waals surface area contributed by atoms with Gasteiger partial charge >= 0.3 is 0 Å². The van der Waals surface area contributed by atoms with Crippen molar-refractivity contribution in [3.8, 4) is 11.5 Å². The summed E-state index contributed by atoms with van der Waals surface area (Å²) in [4.78, 5) is 14.9. The van der Waals surface area contributed by atoms with E-state index in [1.165, 1.54) is 12.1 Å². The summed E-state index contributed by atoms with van der Waals surface area (Å²) in [5.74, 6) is 1.03. The minimum Gasteiger partial charge on any atom is -0.507 e. The molecule has 1 fully saturated rings. The molecular formula is C21H25N3O4. The van der Waals surface area contributed by atoms with Crippen molar-refractivity contribution in [2.45, 2.75) is 13.0 Å². The van der Waals surface area contributed by atoms with Crippen molar-refractivity contribution in [1.29, 1.82) is 0 Å². The number of nitro groups is 1. The van der Waals surface area contributed by atoms with Crippen LogP contribution in [0.15, 0.2) is 49.1 Å². The number of ether oxygens (including phenoxy) is 1. The van der Waals surface area contributed by atoms with Crippen LogP contribution in [0.25, 0.3) is 0 Å². The monoisotopic (exact) mass is 383 g/mol. The van der Waals surface area contributed by atoms with Crippen molar-refractivity contribution in [2.75, 3.05) is 38.2 Å². The number of rotatable bonds is 7. The minimum atomic E-state index is -0.386. The summed E-state index contributed by atoms with van der Waals surface area (Å²) >= 11 is 0. The van der Waals surface area contributed by atoms with Crippen LogP contribution in [0.5, 0.6) is 11.5 Å². The summed E-state index contributed by atoms with van der Waals surface area (Å²) in [5, 5.41) is 21.4. The number of phenolic OH excluding ortho intramolecular Hbond substituents is 1. The third-order valence-corrected chi connectivity index (χ3v) is 5.03. The van der Waals surface area contributed by atoms with Crippen LogP contribution in [-0.4, -0.2) is 48.2 Å². The Bertz CT molecular complexity index is 843. The lowest BCUT2D eigenvalue weighted by molar-refractivity contribution is -0.384. The highest BCUT2D eigenvalue weighted by Crippen LogP contribution is 2.30. The van der Waals surface area contributed by atoms with E-state index in [1.54, 1.807) is 25.3 Å². The molecule has 0 aliphatic carbocycles. The van der Waals surface area contributed by atoms with Gasteiger partial charge in [0.15, 0.2) is 0 Å². The molecule has 2 aromatic rings. The zero-order valence-corrected chi connectivity index (χ0v) is 16.0. The van der Waals surface area contributed by atoms with Gasteiger partial charge in [0.25, 0.3) is 5.69 Å². The molecule has 0 unspecified atom stereocenters. The summed E-state index contributed by atoms with van der Waals surface area (Å²) < 4.78 is 5.37. The number of nitrogens with zero attached hydrogens (tertiary/aromatic N) is 3. The van der Waals surface area contributed by atoms with Crippen molar-refractivity contribution in [2.24, 2.45) is 0 Å². The lowest BCUT2D eigenvalue weighted by Crippen LogP contribution is -2.46. The SMILES string of the molecule is C=CCc1cc(OC)cc(CN2CCN(c3ccc([N+](=O)[O-])cc3)CC2)c1O. The summed E-state index contributed by atoms with van der Waals surface area (Å²) in [5.41, 5.74) is 2.75. The molecule has 0 amide bonds. The smallest absolute Gasteiger partial charge is 0.269 e. The lowest BCUT2D eigenvalue weighted by Gasteiger charge is -2.36. The molecule has 1 N–H and O–H groups in total. The van der Waals surface area contributed by atoms with E-state index in [-0.39, 0.29) is 10.6 Å². The first kappa shape index (κ1) is 19.7. The molecule has 0 atom stereocenters. The predicted molar refractivity (Wildman–Crippen MR) is 109 cm³/mol. The molecule has 0 spiro atoms. The normalized spacial score (nSPS) is 14.7. The van der Waals surface area contributed by atoms with E-state index >= 15 is 0 Å². The molecule has 1 aliphatic heterocycles. The Hall–Kier alpha value is -3.06. The lowest BCUT2D eigenvalue weighted by atomic mass is 10.0. The highest BCUT2D eigenvalue weighted by Gasteiger charge is 2.20. The van der Waals surface area contributed by atoms with E-state index in [2.05, 4.69) is 16.4 Å². The maximum atomic E-state index is 10.8. The molecule has 148 valence electrons. The van der Waals surface area contributed by atoms with Crippen molar-refractivity contribution in [3.05, 3.63) is 70.3 Å². The first-order chi connectivity index (χ1) is 13.5. The molecule has 0 radical (unpaired) electrons. The van der Waals surface area contributed by atoms with E-state index in [1.807, 2.05) is 12.1 Å². The quantitative estimate of drug-likeness (QED) is 0.449. The van der Waals surface area contributed by atoms with Crippen LogP contribution in [-0.2, 0) is 13.0 Å². The van der Waals surface area contributed by atoms with Gasteiger partial charge in [0.05, 0.1) is 12.0 Å². The first-order valence-corrected chi connectivity index (χ1v) is 9.23. The molecule has 7 nitrogen and oxygen atoms in total. The molecule has 1 aliphatic rings. The van der Waals surface area contributed by atoms with Crippen LogP contribution in [0.4, 0.5) is 11.4 Å². The van der Waals surface area contributed by atoms with Gasteiger partial charge in [-0.2, -0.15) is 0 Å². The Morgan fingerprint density at radius 1 is 1.18 bits per heavy atom. The van der Waals surface area contributed by atoms with Gasteiger partial charge in [0.2, 0.25) is 0 Å². The molecule has 0 aromatic heterocycles. The van der Waals surface area contributed by atoms with E-state index < -0.39 is 0 Å². The Labute approximate surface area is 164 Å². The number of nitro benzene ring substituents is 1. The molecule has 3 rings (SSSR count). The Kier molecular flexibility index (Phi) is 6.16. The van der Waals surface area contributed by atoms with Crippen molar-refractivity contribution < 1.29 is 14.8 Å². The number of hydrogen-bond acceptors (Lipinski definition) is 6. The van der Waals surface area contributed by atoms with Crippen LogP contribution < -0.4 is 9.64 Å². The van der Waals surface area contributed by atoms with Crippen LogP contribution in [0, 0.1) is 10.1 Å². The van der Waals surface area contributed by atoms with E-state index in [9.17, 15) is 15.2 Å². The summed E-state index contributed by atoms with van der Waals surface area (Å²) in [6.07, 6.45) is 2.35. The summed E-state index contributed by atoms with van der Waals surface area (Å²) in [6.45, 7) is 7.70. The standard InChI is InChI=1S/C21H25N3O4/c1-3-4-16-13-20(28-2)14-17(21(16)25)15-22-9-11-23(12-10-22)18-5-7-19(8-6-18)24(26)27/h3,5-8,13-14,25H,1,4,9-12,15H2,2H3. The fourth-order valence-corrected chi connectivity index (χ4v) is 3.47. The molecule has 0 saturated carbocycles. The predicted octanol–water partition coefficient (Wildman–Crippen LogP) is 3.36. The number of anilines is 1. The number of allylic oxidation sites excluding steroid dienone is 1. The molecular weight excluding hydrogens is 358 g/mol. The number of methoxy groups -OCH3 is 1. The van der Waals surface area contributed by atoms with E-state index in [4.69, 9.17) is 4.74 Å². The van der Waals surface area contributed by atoms with Crippen LogP contribution >= 0.6 is 0 Å². The third-order valence-electron chi connectivity index (χ3n) is 5.03. The fraction of sp³-hybridized carbons (Fsp3) is 0.333. The molecule has 0 bridgehead atoms. The third kappa shape index (κ3) is 4.43.